The molecule has 1 aliphatic heterocycles. The summed E-state index contributed by atoms with van der Waals surface area (Å²) in [6.07, 6.45) is 5.29. The summed E-state index contributed by atoms with van der Waals surface area (Å²) in [6.45, 7) is 5.20. The number of carbonyl (C=O) groups excluding carboxylic acids is 2. The Hall–Kier alpha value is -2.76. The van der Waals surface area contributed by atoms with Crippen LogP contribution in [-0.4, -0.2) is 34.2 Å². The van der Waals surface area contributed by atoms with Gasteiger partial charge >= 0.3 is 0 Å². The van der Waals surface area contributed by atoms with Crippen molar-refractivity contribution in [2.24, 2.45) is 5.41 Å². The molecule has 2 heterocycles. The number of benzene rings is 1. The Bertz CT molecular complexity index is 1030. The first-order valence-corrected chi connectivity index (χ1v) is 10.1. The lowest BCUT2D eigenvalue weighted by atomic mass is 9.73. The standard InChI is InChI=1S/C23H25FN2O3/c1-23(2)12-17-18(19(27)13-23)14-26(16-8-6-15(24)7-9-16)22(29)20(17)21(28)25-10-4-3-5-11-25/h6-9,14H,3-5,10-13H2,1-2H3. The maximum atomic E-state index is 13.4. The lowest BCUT2D eigenvalue weighted by Gasteiger charge is -2.33. The second-order valence-corrected chi connectivity index (χ2v) is 8.84. The Kier molecular flexibility index (Phi) is 4.89. The number of halogens is 1. The van der Waals surface area contributed by atoms with Gasteiger partial charge in [0.1, 0.15) is 11.4 Å². The molecule has 29 heavy (non-hydrogen) atoms. The summed E-state index contributed by atoms with van der Waals surface area (Å²) in [5.41, 5.74) is 0.754. The van der Waals surface area contributed by atoms with Crippen molar-refractivity contribution in [2.75, 3.05) is 13.1 Å². The van der Waals surface area contributed by atoms with Gasteiger partial charge in [0, 0.05) is 37.0 Å². The number of likely N-dealkylation sites (tertiary alicyclic amines) is 1. The van der Waals surface area contributed by atoms with Crippen molar-refractivity contribution >= 4 is 11.7 Å². The van der Waals surface area contributed by atoms with Crippen molar-refractivity contribution in [3.05, 3.63) is 63.3 Å². The summed E-state index contributed by atoms with van der Waals surface area (Å²) in [5.74, 6) is -0.782. The van der Waals surface area contributed by atoms with E-state index in [1.165, 1.54) is 35.0 Å². The van der Waals surface area contributed by atoms with Crippen LogP contribution >= 0.6 is 0 Å². The molecule has 0 bridgehead atoms. The Morgan fingerprint density at radius 2 is 1.66 bits per heavy atom. The maximum absolute atomic E-state index is 13.4. The van der Waals surface area contributed by atoms with Crippen molar-refractivity contribution in [3.8, 4) is 5.69 Å². The Morgan fingerprint density at radius 3 is 2.31 bits per heavy atom. The van der Waals surface area contributed by atoms with Gasteiger partial charge in [0.25, 0.3) is 11.5 Å². The van der Waals surface area contributed by atoms with Crippen LogP contribution in [0, 0.1) is 11.2 Å². The number of hydrogen-bond acceptors (Lipinski definition) is 3. The van der Waals surface area contributed by atoms with E-state index in [4.69, 9.17) is 0 Å². The highest BCUT2D eigenvalue weighted by Crippen LogP contribution is 2.36. The van der Waals surface area contributed by atoms with Crippen LogP contribution in [0.1, 0.15) is 65.8 Å². The number of carbonyl (C=O) groups is 2. The topological polar surface area (TPSA) is 59.4 Å². The molecule has 1 saturated heterocycles. The molecule has 1 fully saturated rings. The number of aromatic nitrogens is 1. The normalized spacial score (nSPS) is 18.4. The highest BCUT2D eigenvalue weighted by molar-refractivity contribution is 6.04. The molecule has 0 unspecified atom stereocenters. The molecular weight excluding hydrogens is 371 g/mol. The molecule has 4 rings (SSSR count). The van der Waals surface area contributed by atoms with Crippen LogP contribution < -0.4 is 5.56 Å². The van der Waals surface area contributed by atoms with Crippen molar-refractivity contribution in [3.63, 3.8) is 0 Å². The fourth-order valence-electron chi connectivity index (χ4n) is 4.41. The van der Waals surface area contributed by atoms with Gasteiger partial charge in [-0.2, -0.15) is 0 Å². The highest BCUT2D eigenvalue weighted by atomic mass is 19.1. The number of piperidine rings is 1. The van der Waals surface area contributed by atoms with E-state index >= 15 is 0 Å². The number of hydrogen-bond donors (Lipinski definition) is 0. The third kappa shape index (κ3) is 3.63. The van der Waals surface area contributed by atoms with Gasteiger partial charge in [0.05, 0.1) is 0 Å². The number of amides is 1. The Balaban J connectivity index is 1.93. The third-order valence-corrected chi connectivity index (χ3v) is 5.87. The first-order valence-electron chi connectivity index (χ1n) is 10.1. The van der Waals surface area contributed by atoms with Crippen LogP contribution in [0.3, 0.4) is 0 Å². The molecular formula is C23H25FN2O3. The fourth-order valence-corrected chi connectivity index (χ4v) is 4.41. The summed E-state index contributed by atoms with van der Waals surface area (Å²) >= 11 is 0. The second-order valence-electron chi connectivity index (χ2n) is 8.84. The first-order chi connectivity index (χ1) is 13.8. The average Bonchev–Trinajstić information content (AvgIpc) is 2.68. The molecule has 6 heteroatoms. The van der Waals surface area contributed by atoms with Crippen LogP contribution in [-0.2, 0) is 6.42 Å². The summed E-state index contributed by atoms with van der Waals surface area (Å²) in [6, 6.07) is 5.49. The molecule has 1 aliphatic carbocycles. The van der Waals surface area contributed by atoms with Gasteiger partial charge in [-0.15, -0.1) is 0 Å². The summed E-state index contributed by atoms with van der Waals surface area (Å²) < 4.78 is 14.7. The van der Waals surface area contributed by atoms with Gasteiger partial charge in [-0.1, -0.05) is 13.8 Å². The summed E-state index contributed by atoms with van der Waals surface area (Å²) in [5, 5.41) is 0. The summed E-state index contributed by atoms with van der Waals surface area (Å²) in [4.78, 5) is 41.5. The molecule has 0 radical (unpaired) electrons. The predicted molar refractivity (Wildman–Crippen MR) is 108 cm³/mol. The van der Waals surface area contributed by atoms with E-state index in [-0.39, 0.29) is 22.7 Å². The monoisotopic (exact) mass is 396 g/mol. The van der Waals surface area contributed by atoms with E-state index in [2.05, 4.69) is 0 Å². The Labute approximate surface area is 169 Å². The van der Waals surface area contributed by atoms with Gasteiger partial charge in [-0.25, -0.2) is 4.39 Å². The van der Waals surface area contributed by atoms with E-state index in [0.717, 1.165) is 19.3 Å². The van der Waals surface area contributed by atoms with Crippen molar-refractivity contribution in [2.45, 2.75) is 46.0 Å². The fraction of sp³-hybridized carbons (Fsp3) is 0.435. The van der Waals surface area contributed by atoms with E-state index in [0.29, 0.717) is 42.7 Å². The zero-order valence-electron chi connectivity index (χ0n) is 16.8. The number of nitrogens with zero attached hydrogens (tertiary/aromatic N) is 2. The van der Waals surface area contributed by atoms with E-state index in [1.54, 1.807) is 4.90 Å². The molecule has 5 nitrogen and oxygen atoms in total. The van der Waals surface area contributed by atoms with Gasteiger partial charge < -0.3 is 4.90 Å². The van der Waals surface area contributed by atoms with Crippen LogP contribution in [0.5, 0.6) is 0 Å². The van der Waals surface area contributed by atoms with Crippen molar-refractivity contribution < 1.29 is 14.0 Å². The van der Waals surface area contributed by atoms with E-state index < -0.39 is 11.4 Å². The highest BCUT2D eigenvalue weighted by Gasteiger charge is 2.37. The lowest BCUT2D eigenvalue weighted by Crippen LogP contribution is -2.42. The number of rotatable bonds is 2. The van der Waals surface area contributed by atoms with Crippen LogP contribution in [0.2, 0.25) is 0 Å². The molecule has 0 saturated carbocycles. The molecule has 0 spiro atoms. The molecule has 2 aliphatic rings. The number of ketones is 1. The number of pyridine rings is 1. The zero-order chi connectivity index (χ0) is 20.8. The molecule has 0 atom stereocenters. The predicted octanol–water partition coefficient (Wildman–Crippen LogP) is 3.76. The third-order valence-electron chi connectivity index (χ3n) is 5.87. The molecule has 1 amide bonds. The largest absolute Gasteiger partial charge is 0.338 e. The maximum Gasteiger partial charge on any atom is 0.268 e. The van der Waals surface area contributed by atoms with Crippen LogP contribution in [0.25, 0.3) is 5.69 Å². The Morgan fingerprint density at radius 1 is 1.00 bits per heavy atom. The number of fused-ring (bicyclic) bond motifs is 1. The minimum Gasteiger partial charge on any atom is -0.338 e. The zero-order valence-corrected chi connectivity index (χ0v) is 16.8. The van der Waals surface area contributed by atoms with Crippen LogP contribution in [0.15, 0.2) is 35.3 Å². The SMILES string of the molecule is CC1(C)CC(=O)c2cn(-c3ccc(F)cc3)c(=O)c(C(=O)N3CCCCC3)c2C1. The van der Waals surface area contributed by atoms with Gasteiger partial charge in [0.2, 0.25) is 0 Å². The molecule has 1 aromatic heterocycles. The molecule has 0 N–H and O–H groups in total. The minimum atomic E-state index is -0.448. The van der Waals surface area contributed by atoms with Crippen molar-refractivity contribution in [1.29, 1.82) is 0 Å². The van der Waals surface area contributed by atoms with Crippen molar-refractivity contribution in [1.82, 2.24) is 9.47 Å². The van der Waals surface area contributed by atoms with E-state index in [9.17, 15) is 18.8 Å². The summed E-state index contributed by atoms with van der Waals surface area (Å²) in [7, 11) is 0. The molecule has 1 aromatic carbocycles. The lowest BCUT2D eigenvalue weighted by molar-refractivity contribution is 0.0719. The van der Waals surface area contributed by atoms with Crippen LogP contribution in [0.4, 0.5) is 4.39 Å². The molecule has 152 valence electrons. The first kappa shape index (κ1) is 19.6. The van der Waals surface area contributed by atoms with Gasteiger partial charge in [-0.3, -0.25) is 19.0 Å². The smallest absolute Gasteiger partial charge is 0.268 e. The average molecular weight is 396 g/mol. The number of Topliss-reactive ketones (excluding diaryl/α,β-unsaturated/α-hetero) is 1. The van der Waals surface area contributed by atoms with E-state index in [1.807, 2.05) is 13.8 Å². The van der Waals surface area contributed by atoms with Gasteiger partial charge in [-0.05, 0) is 60.9 Å². The van der Waals surface area contributed by atoms with Gasteiger partial charge in [0.15, 0.2) is 5.78 Å². The minimum absolute atomic E-state index is 0.0696. The second kappa shape index (κ2) is 7.25. The molecule has 2 aromatic rings. The quantitative estimate of drug-likeness (QED) is 0.777.